The fraction of sp³-hybridized carbons (Fsp3) is 0.750. The number of carbonyl (C=O) groups is 1. The van der Waals surface area contributed by atoms with Crippen molar-refractivity contribution in [3.05, 3.63) is 11.1 Å². The summed E-state index contributed by atoms with van der Waals surface area (Å²) in [7, 11) is 1.68. The summed E-state index contributed by atoms with van der Waals surface area (Å²) in [4.78, 5) is 18.2. The number of piperidine rings is 2. The molecule has 2 atom stereocenters. The normalized spacial score (nSPS) is 25.8. The van der Waals surface area contributed by atoms with Crippen LogP contribution in [0.5, 0.6) is 0 Å². The van der Waals surface area contributed by atoms with Crippen molar-refractivity contribution in [1.29, 1.82) is 0 Å². The van der Waals surface area contributed by atoms with Gasteiger partial charge in [-0.3, -0.25) is 4.79 Å². The van der Waals surface area contributed by atoms with Crippen LogP contribution in [0.15, 0.2) is 0 Å². The molecule has 2 aliphatic heterocycles. The third-order valence-electron chi connectivity index (χ3n) is 4.08. The molecule has 1 amide bonds. The van der Waals surface area contributed by atoms with Gasteiger partial charge in [-0.1, -0.05) is 0 Å². The van der Waals surface area contributed by atoms with E-state index in [9.17, 15) is 4.79 Å². The van der Waals surface area contributed by atoms with Crippen LogP contribution >= 0.6 is 24.0 Å². The second-order valence-electron chi connectivity index (χ2n) is 5.33. The Morgan fingerprint density at radius 2 is 2.25 bits per heavy atom. The van der Waals surface area contributed by atoms with E-state index >= 15 is 0 Å². The minimum absolute atomic E-state index is 0. The van der Waals surface area contributed by atoms with Crippen LogP contribution in [0.3, 0.4) is 0 Å². The summed E-state index contributed by atoms with van der Waals surface area (Å²) in [6, 6.07) is 0.568. The molecule has 0 aliphatic carbocycles. The van der Waals surface area contributed by atoms with E-state index < -0.39 is 0 Å². The number of hydrogen-bond acceptors (Lipinski definition) is 4. The summed E-state index contributed by atoms with van der Waals surface area (Å²) in [6.45, 7) is 2.67. The van der Waals surface area contributed by atoms with Crippen molar-refractivity contribution in [1.82, 2.24) is 25.0 Å². The third-order valence-corrected chi connectivity index (χ3v) is 4.41. The Morgan fingerprint density at radius 1 is 1.45 bits per heavy atom. The summed E-state index contributed by atoms with van der Waals surface area (Å²) >= 11 is 5.83. The minimum Gasteiger partial charge on any atom is -0.335 e. The number of hydrogen-bond donors (Lipinski definition) is 1. The maximum absolute atomic E-state index is 12.3. The van der Waals surface area contributed by atoms with Crippen molar-refractivity contribution in [3.8, 4) is 0 Å². The van der Waals surface area contributed by atoms with Crippen LogP contribution in [-0.2, 0) is 7.05 Å². The second-order valence-corrected chi connectivity index (χ2v) is 5.67. The van der Waals surface area contributed by atoms with E-state index in [0.29, 0.717) is 12.0 Å². The van der Waals surface area contributed by atoms with E-state index in [1.165, 1.54) is 17.5 Å². The van der Waals surface area contributed by atoms with Gasteiger partial charge < -0.3 is 10.2 Å². The molecule has 6 nitrogen and oxygen atoms in total. The Labute approximate surface area is 129 Å². The summed E-state index contributed by atoms with van der Waals surface area (Å²) in [6.07, 6.45) is 3.39. The molecule has 1 N–H and O–H groups in total. The van der Waals surface area contributed by atoms with E-state index in [1.807, 2.05) is 4.90 Å². The first-order valence-corrected chi connectivity index (χ1v) is 7.12. The molecule has 1 aromatic rings. The summed E-state index contributed by atoms with van der Waals surface area (Å²) in [5.41, 5.74) is 0. The van der Waals surface area contributed by atoms with Crippen LogP contribution in [-0.4, -0.2) is 51.2 Å². The predicted molar refractivity (Wildman–Crippen MR) is 78.3 cm³/mol. The molecule has 1 aromatic heterocycles. The van der Waals surface area contributed by atoms with E-state index in [0.717, 1.165) is 26.1 Å². The van der Waals surface area contributed by atoms with Crippen LogP contribution in [0.2, 0.25) is 5.28 Å². The molecule has 112 valence electrons. The van der Waals surface area contributed by atoms with Crippen molar-refractivity contribution in [2.24, 2.45) is 13.0 Å². The molecule has 0 bridgehead atoms. The molecule has 0 radical (unpaired) electrons. The standard InChI is InChI=1S/C12H18ClN5O.ClH/c1-17-12(13)15-10(16-17)11(19)18-6-4-9-8(7-18)3-2-5-14-9;/h8-9,14H,2-7H2,1H3;1H/t8-,9+;/m1./s1. The second kappa shape index (κ2) is 6.28. The smallest absolute Gasteiger partial charge is 0.293 e. The molecule has 0 spiro atoms. The van der Waals surface area contributed by atoms with Crippen molar-refractivity contribution in [3.63, 3.8) is 0 Å². The quantitative estimate of drug-likeness (QED) is 0.842. The Kier molecular flexibility index (Phi) is 4.88. The summed E-state index contributed by atoms with van der Waals surface area (Å²) < 4.78 is 1.42. The van der Waals surface area contributed by atoms with Gasteiger partial charge in [0.15, 0.2) is 0 Å². The maximum Gasteiger partial charge on any atom is 0.293 e. The average Bonchev–Trinajstić information content (AvgIpc) is 2.77. The van der Waals surface area contributed by atoms with Gasteiger partial charge in [0, 0.05) is 26.2 Å². The summed E-state index contributed by atoms with van der Waals surface area (Å²) in [5, 5.41) is 7.84. The van der Waals surface area contributed by atoms with Gasteiger partial charge in [-0.2, -0.15) is 4.98 Å². The minimum atomic E-state index is -0.105. The van der Waals surface area contributed by atoms with Crippen molar-refractivity contribution in [2.45, 2.75) is 25.3 Å². The van der Waals surface area contributed by atoms with Gasteiger partial charge in [0.05, 0.1) is 0 Å². The third kappa shape index (κ3) is 2.92. The lowest BCUT2D eigenvalue weighted by Crippen LogP contribution is -2.53. The van der Waals surface area contributed by atoms with Crippen molar-refractivity contribution in [2.75, 3.05) is 19.6 Å². The highest BCUT2D eigenvalue weighted by atomic mass is 35.5. The van der Waals surface area contributed by atoms with E-state index in [2.05, 4.69) is 15.4 Å². The number of carbonyl (C=O) groups excluding carboxylic acids is 1. The monoisotopic (exact) mass is 319 g/mol. The highest BCUT2D eigenvalue weighted by molar-refractivity contribution is 6.28. The van der Waals surface area contributed by atoms with Crippen LogP contribution < -0.4 is 5.32 Å². The molecule has 2 saturated heterocycles. The molecule has 0 aromatic carbocycles. The predicted octanol–water partition coefficient (Wildman–Crippen LogP) is 1.10. The molecular weight excluding hydrogens is 301 g/mol. The molecule has 8 heteroatoms. The molecule has 3 heterocycles. The molecule has 20 heavy (non-hydrogen) atoms. The van der Waals surface area contributed by atoms with Gasteiger partial charge in [-0.05, 0) is 43.3 Å². The lowest BCUT2D eigenvalue weighted by Gasteiger charge is -2.41. The van der Waals surface area contributed by atoms with E-state index in [-0.39, 0.29) is 29.4 Å². The number of halogens is 2. The Hall–Kier alpha value is -0.850. The lowest BCUT2D eigenvalue weighted by molar-refractivity contribution is 0.0581. The zero-order valence-corrected chi connectivity index (χ0v) is 13.0. The largest absolute Gasteiger partial charge is 0.335 e. The van der Waals surface area contributed by atoms with Crippen LogP contribution in [0.25, 0.3) is 0 Å². The maximum atomic E-state index is 12.3. The van der Waals surface area contributed by atoms with Crippen LogP contribution in [0, 0.1) is 5.92 Å². The van der Waals surface area contributed by atoms with E-state index in [4.69, 9.17) is 11.6 Å². The number of likely N-dealkylation sites (tertiary alicyclic amines) is 1. The fourth-order valence-corrected chi connectivity index (χ4v) is 3.14. The number of aromatic nitrogens is 3. The highest BCUT2D eigenvalue weighted by Crippen LogP contribution is 2.25. The summed E-state index contributed by atoms with van der Waals surface area (Å²) in [5.74, 6) is 0.659. The first-order chi connectivity index (χ1) is 9.15. The molecule has 2 fully saturated rings. The molecular formula is C12H19Cl2N5O. The highest BCUT2D eigenvalue weighted by Gasteiger charge is 2.34. The van der Waals surface area contributed by atoms with Gasteiger partial charge in [0.25, 0.3) is 5.91 Å². The molecule has 3 rings (SSSR count). The molecule has 0 unspecified atom stereocenters. The number of nitrogens with zero attached hydrogens (tertiary/aromatic N) is 4. The number of rotatable bonds is 1. The zero-order chi connectivity index (χ0) is 13.4. The topological polar surface area (TPSA) is 63.1 Å². The first-order valence-electron chi connectivity index (χ1n) is 6.74. The van der Waals surface area contributed by atoms with E-state index in [1.54, 1.807) is 7.05 Å². The van der Waals surface area contributed by atoms with Crippen molar-refractivity contribution < 1.29 is 4.79 Å². The molecule has 2 aliphatic rings. The van der Waals surface area contributed by atoms with Gasteiger partial charge >= 0.3 is 0 Å². The van der Waals surface area contributed by atoms with Gasteiger partial charge in [-0.25, -0.2) is 4.68 Å². The molecule has 0 saturated carbocycles. The number of nitrogens with one attached hydrogen (secondary N) is 1. The Morgan fingerprint density at radius 3 is 2.95 bits per heavy atom. The average molecular weight is 320 g/mol. The zero-order valence-electron chi connectivity index (χ0n) is 11.4. The van der Waals surface area contributed by atoms with Gasteiger partial charge in [0.2, 0.25) is 11.1 Å². The number of fused-ring (bicyclic) bond motifs is 1. The van der Waals surface area contributed by atoms with Crippen LogP contribution in [0.4, 0.5) is 0 Å². The van der Waals surface area contributed by atoms with Gasteiger partial charge in [-0.15, -0.1) is 17.5 Å². The lowest BCUT2D eigenvalue weighted by atomic mass is 9.85. The SMILES string of the molecule is Cl.Cn1nc(C(=O)N2CC[C@@H]3NCCC[C@@H]3C2)nc1Cl. The number of amides is 1. The first kappa shape index (κ1) is 15.5. The fourth-order valence-electron chi connectivity index (χ4n) is 3.03. The number of aryl methyl sites for hydroxylation is 1. The van der Waals surface area contributed by atoms with Gasteiger partial charge in [0.1, 0.15) is 0 Å². The Balaban J connectivity index is 0.00000147. The Bertz CT molecular complexity index is 473. The van der Waals surface area contributed by atoms with Crippen LogP contribution in [0.1, 0.15) is 29.9 Å². The van der Waals surface area contributed by atoms with Crippen molar-refractivity contribution >= 4 is 29.9 Å².